The maximum absolute atomic E-state index is 12.5. The van der Waals surface area contributed by atoms with Crippen molar-refractivity contribution < 1.29 is 14.3 Å². The molecule has 2 amide bonds. The Bertz CT molecular complexity index is 459. The van der Waals surface area contributed by atoms with Gasteiger partial charge < -0.3 is 14.5 Å². The van der Waals surface area contributed by atoms with Gasteiger partial charge in [-0.15, -0.1) is 0 Å². The first-order chi connectivity index (χ1) is 12.1. The largest absolute Gasteiger partial charge is 0.379 e. The molecule has 0 N–H and O–H groups in total. The van der Waals surface area contributed by atoms with Crippen LogP contribution in [0.4, 0.5) is 0 Å². The van der Waals surface area contributed by atoms with Crippen LogP contribution in [0, 0.1) is 0 Å². The van der Waals surface area contributed by atoms with Crippen molar-refractivity contribution in [1.82, 2.24) is 19.6 Å². The highest BCUT2D eigenvalue weighted by Crippen LogP contribution is 2.17. The van der Waals surface area contributed by atoms with Gasteiger partial charge in [-0.05, 0) is 26.2 Å². The number of amides is 2. The molecule has 7 heteroatoms. The SMILES string of the molecule is CC1CCCCN1C(=O)CN1CCN(C(=O)CN2CCOCC2)CC1. The van der Waals surface area contributed by atoms with E-state index < -0.39 is 0 Å². The Kier molecular flexibility index (Phi) is 6.67. The molecule has 7 nitrogen and oxygen atoms in total. The van der Waals surface area contributed by atoms with E-state index in [1.54, 1.807) is 0 Å². The van der Waals surface area contributed by atoms with E-state index >= 15 is 0 Å². The summed E-state index contributed by atoms with van der Waals surface area (Å²) in [4.78, 5) is 33.3. The van der Waals surface area contributed by atoms with E-state index in [1.165, 1.54) is 6.42 Å². The zero-order chi connectivity index (χ0) is 17.6. The van der Waals surface area contributed by atoms with Crippen LogP contribution in [0.15, 0.2) is 0 Å². The van der Waals surface area contributed by atoms with Gasteiger partial charge in [-0.3, -0.25) is 19.4 Å². The van der Waals surface area contributed by atoms with Crippen molar-refractivity contribution in [1.29, 1.82) is 0 Å². The van der Waals surface area contributed by atoms with Crippen LogP contribution in [0.5, 0.6) is 0 Å². The average Bonchev–Trinajstić information content (AvgIpc) is 2.63. The highest BCUT2D eigenvalue weighted by molar-refractivity contribution is 5.79. The molecule has 0 aromatic carbocycles. The smallest absolute Gasteiger partial charge is 0.236 e. The number of nitrogens with zero attached hydrogens (tertiary/aromatic N) is 4. The van der Waals surface area contributed by atoms with Gasteiger partial charge in [-0.1, -0.05) is 0 Å². The minimum absolute atomic E-state index is 0.206. The molecule has 142 valence electrons. The highest BCUT2D eigenvalue weighted by atomic mass is 16.5. The fourth-order valence-corrected chi connectivity index (χ4v) is 3.96. The molecule has 1 unspecified atom stereocenters. The lowest BCUT2D eigenvalue weighted by atomic mass is 10.0. The Morgan fingerprint density at radius 1 is 0.840 bits per heavy atom. The molecular weight excluding hydrogens is 320 g/mol. The number of piperazine rings is 1. The Hall–Kier alpha value is -1.18. The van der Waals surface area contributed by atoms with Crippen molar-refractivity contribution in [3.63, 3.8) is 0 Å². The number of carbonyl (C=O) groups excluding carboxylic acids is 2. The molecule has 0 radical (unpaired) electrons. The number of ether oxygens (including phenoxy) is 1. The first-order valence-electron chi connectivity index (χ1n) is 9.73. The lowest BCUT2D eigenvalue weighted by molar-refractivity contribution is -0.138. The van der Waals surface area contributed by atoms with Crippen molar-refractivity contribution in [2.45, 2.75) is 32.2 Å². The zero-order valence-electron chi connectivity index (χ0n) is 15.5. The van der Waals surface area contributed by atoms with E-state index in [2.05, 4.69) is 16.7 Å². The maximum atomic E-state index is 12.5. The number of morpholine rings is 1. The minimum Gasteiger partial charge on any atom is -0.379 e. The Labute approximate surface area is 150 Å². The van der Waals surface area contributed by atoms with Gasteiger partial charge in [-0.25, -0.2) is 0 Å². The summed E-state index contributed by atoms with van der Waals surface area (Å²) in [6.45, 7) is 10.2. The molecule has 0 bridgehead atoms. The molecule has 3 saturated heterocycles. The molecule has 25 heavy (non-hydrogen) atoms. The van der Waals surface area contributed by atoms with Crippen molar-refractivity contribution in [2.24, 2.45) is 0 Å². The van der Waals surface area contributed by atoms with Gasteiger partial charge in [0.25, 0.3) is 0 Å². The number of hydrogen-bond donors (Lipinski definition) is 0. The van der Waals surface area contributed by atoms with Crippen LogP contribution in [0.2, 0.25) is 0 Å². The van der Waals surface area contributed by atoms with Crippen LogP contribution < -0.4 is 0 Å². The number of piperidine rings is 1. The standard InChI is InChI=1S/C18H32N4O3/c1-16-4-2-3-5-22(16)18(24)15-19-6-8-21(9-7-19)17(23)14-20-10-12-25-13-11-20/h16H,2-15H2,1H3. The summed E-state index contributed by atoms with van der Waals surface area (Å²) < 4.78 is 5.33. The Morgan fingerprint density at radius 3 is 2.16 bits per heavy atom. The first-order valence-corrected chi connectivity index (χ1v) is 9.73. The lowest BCUT2D eigenvalue weighted by Gasteiger charge is -2.38. The molecule has 3 heterocycles. The molecule has 0 aromatic heterocycles. The van der Waals surface area contributed by atoms with E-state index in [-0.39, 0.29) is 11.8 Å². The topological polar surface area (TPSA) is 56.3 Å². The van der Waals surface area contributed by atoms with Crippen LogP contribution in [0.3, 0.4) is 0 Å². The van der Waals surface area contributed by atoms with E-state index in [0.717, 1.165) is 71.9 Å². The van der Waals surface area contributed by atoms with E-state index in [1.807, 2.05) is 9.80 Å². The van der Waals surface area contributed by atoms with Gasteiger partial charge in [0.2, 0.25) is 11.8 Å². The highest BCUT2D eigenvalue weighted by Gasteiger charge is 2.28. The first kappa shape index (κ1) is 18.6. The second-order valence-electron chi connectivity index (χ2n) is 7.48. The molecule has 3 rings (SSSR count). The predicted molar refractivity (Wildman–Crippen MR) is 95.3 cm³/mol. The van der Waals surface area contributed by atoms with Crippen LogP contribution >= 0.6 is 0 Å². The fraction of sp³-hybridized carbons (Fsp3) is 0.889. The van der Waals surface area contributed by atoms with Gasteiger partial charge in [0.15, 0.2) is 0 Å². The summed E-state index contributed by atoms with van der Waals surface area (Å²) in [6.07, 6.45) is 3.48. The maximum Gasteiger partial charge on any atom is 0.236 e. The summed E-state index contributed by atoms with van der Waals surface area (Å²) in [5.41, 5.74) is 0. The van der Waals surface area contributed by atoms with E-state index in [4.69, 9.17) is 4.74 Å². The number of hydrogen-bond acceptors (Lipinski definition) is 5. The Morgan fingerprint density at radius 2 is 1.48 bits per heavy atom. The molecular formula is C18H32N4O3. The van der Waals surface area contributed by atoms with Crippen molar-refractivity contribution in [3.05, 3.63) is 0 Å². The van der Waals surface area contributed by atoms with Crippen molar-refractivity contribution >= 4 is 11.8 Å². The third kappa shape index (κ3) is 5.15. The average molecular weight is 352 g/mol. The normalized spacial score (nSPS) is 26.7. The molecule has 0 saturated carbocycles. The summed E-state index contributed by atoms with van der Waals surface area (Å²) in [7, 11) is 0. The van der Waals surface area contributed by atoms with Gasteiger partial charge in [-0.2, -0.15) is 0 Å². The predicted octanol–water partition coefficient (Wildman–Crippen LogP) is -0.136. The van der Waals surface area contributed by atoms with Gasteiger partial charge in [0.05, 0.1) is 26.3 Å². The number of carbonyl (C=O) groups is 2. The monoisotopic (exact) mass is 352 g/mol. The van der Waals surface area contributed by atoms with E-state index in [9.17, 15) is 9.59 Å². The summed E-state index contributed by atoms with van der Waals surface area (Å²) in [5.74, 6) is 0.456. The summed E-state index contributed by atoms with van der Waals surface area (Å²) >= 11 is 0. The second-order valence-corrected chi connectivity index (χ2v) is 7.48. The number of likely N-dealkylation sites (tertiary alicyclic amines) is 1. The summed E-state index contributed by atoms with van der Waals surface area (Å²) in [6, 6.07) is 0.373. The zero-order valence-corrected chi connectivity index (χ0v) is 15.5. The number of rotatable bonds is 4. The van der Waals surface area contributed by atoms with Crippen LogP contribution in [0.25, 0.3) is 0 Å². The van der Waals surface area contributed by atoms with Gasteiger partial charge in [0, 0.05) is 51.9 Å². The molecule has 0 aliphatic carbocycles. The van der Waals surface area contributed by atoms with Crippen LogP contribution in [-0.2, 0) is 14.3 Å². The third-order valence-corrected chi connectivity index (χ3v) is 5.67. The molecule has 3 aliphatic heterocycles. The second kappa shape index (κ2) is 8.96. The quantitative estimate of drug-likeness (QED) is 0.705. The lowest BCUT2D eigenvalue weighted by Crippen LogP contribution is -2.54. The van der Waals surface area contributed by atoms with E-state index in [0.29, 0.717) is 19.1 Å². The van der Waals surface area contributed by atoms with Gasteiger partial charge >= 0.3 is 0 Å². The summed E-state index contributed by atoms with van der Waals surface area (Å²) in [5, 5.41) is 0. The molecule has 0 aromatic rings. The molecule has 3 fully saturated rings. The van der Waals surface area contributed by atoms with Crippen molar-refractivity contribution in [3.8, 4) is 0 Å². The minimum atomic E-state index is 0.206. The fourth-order valence-electron chi connectivity index (χ4n) is 3.96. The third-order valence-electron chi connectivity index (χ3n) is 5.67. The Balaban J connectivity index is 1.39. The van der Waals surface area contributed by atoms with Crippen molar-refractivity contribution in [2.75, 3.05) is 72.1 Å². The van der Waals surface area contributed by atoms with Crippen LogP contribution in [0.1, 0.15) is 26.2 Å². The van der Waals surface area contributed by atoms with Gasteiger partial charge in [0.1, 0.15) is 0 Å². The molecule has 0 spiro atoms. The van der Waals surface area contributed by atoms with Crippen LogP contribution in [-0.4, -0.2) is 110 Å². The molecule has 3 aliphatic rings. The molecule has 1 atom stereocenters.